The summed E-state index contributed by atoms with van der Waals surface area (Å²) in [5.74, 6) is -1.46. The highest BCUT2D eigenvalue weighted by atomic mass is 19.1. The molecule has 5 nitrogen and oxygen atoms in total. The number of carbonyl (C=O) groups is 2. The second kappa shape index (κ2) is 5.55. The fraction of sp³-hybridized carbons (Fsp3) is 0.467. The van der Waals surface area contributed by atoms with Crippen LogP contribution in [0.5, 0.6) is 0 Å². The van der Waals surface area contributed by atoms with Gasteiger partial charge in [-0.3, -0.25) is 4.79 Å². The molecule has 2 aliphatic rings. The summed E-state index contributed by atoms with van der Waals surface area (Å²) >= 11 is 0. The van der Waals surface area contributed by atoms with E-state index in [2.05, 4.69) is 10.6 Å². The normalized spacial score (nSPS) is 27.0. The lowest BCUT2D eigenvalue weighted by atomic mass is 10.1. The van der Waals surface area contributed by atoms with Gasteiger partial charge < -0.3 is 15.5 Å². The van der Waals surface area contributed by atoms with Crippen LogP contribution in [0.1, 0.15) is 24.3 Å². The summed E-state index contributed by atoms with van der Waals surface area (Å²) in [4.78, 5) is 25.1. The number of hydrogen-bond donors (Lipinski definition) is 2. The van der Waals surface area contributed by atoms with E-state index in [0.717, 1.165) is 6.07 Å². The van der Waals surface area contributed by atoms with Crippen molar-refractivity contribution in [3.8, 4) is 0 Å². The molecule has 3 atom stereocenters. The van der Waals surface area contributed by atoms with Crippen LogP contribution in [-0.2, 0) is 4.79 Å². The molecule has 1 saturated carbocycles. The number of amides is 3. The molecule has 118 valence electrons. The van der Waals surface area contributed by atoms with Gasteiger partial charge in [-0.05, 0) is 24.5 Å². The van der Waals surface area contributed by atoms with Crippen LogP contribution in [0, 0.1) is 11.6 Å². The Hall–Kier alpha value is -2.18. The molecule has 1 aliphatic carbocycles. The van der Waals surface area contributed by atoms with Gasteiger partial charge in [0.15, 0.2) is 0 Å². The van der Waals surface area contributed by atoms with Crippen LogP contribution >= 0.6 is 0 Å². The van der Waals surface area contributed by atoms with E-state index in [1.165, 1.54) is 12.1 Å². The summed E-state index contributed by atoms with van der Waals surface area (Å²) in [6.45, 7) is 0.622. The molecule has 0 spiro atoms. The molecule has 7 heteroatoms. The smallest absolute Gasteiger partial charge is 0.315 e. The van der Waals surface area contributed by atoms with Gasteiger partial charge in [0, 0.05) is 31.6 Å². The van der Waals surface area contributed by atoms with E-state index >= 15 is 0 Å². The molecule has 3 amide bonds. The van der Waals surface area contributed by atoms with Gasteiger partial charge in [0.1, 0.15) is 17.7 Å². The Morgan fingerprint density at radius 2 is 2.09 bits per heavy atom. The van der Waals surface area contributed by atoms with Gasteiger partial charge in [0.05, 0.1) is 0 Å². The minimum atomic E-state index is -0.618. The quantitative estimate of drug-likeness (QED) is 0.885. The maximum atomic E-state index is 13.7. The van der Waals surface area contributed by atoms with Crippen molar-refractivity contribution >= 4 is 11.9 Å². The first kappa shape index (κ1) is 14.7. The van der Waals surface area contributed by atoms with Gasteiger partial charge in [-0.25, -0.2) is 13.6 Å². The second-order valence-corrected chi connectivity index (χ2v) is 5.83. The van der Waals surface area contributed by atoms with Gasteiger partial charge in [-0.2, -0.15) is 0 Å². The van der Waals surface area contributed by atoms with Crippen LogP contribution in [0.3, 0.4) is 0 Å². The van der Waals surface area contributed by atoms with E-state index in [4.69, 9.17) is 0 Å². The van der Waals surface area contributed by atoms with E-state index < -0.39 is 23.7 Å². The van der Waals surface area contributed by atoms with E-state index in [-0.39, 0.29) is 17.9 Å². The average molecular weight is 309 g/mol. The zero-order valence-electron chi connectivity index (χ0n) is 12.1. The van der Waals surface area contributed by atoms with Gasteiger partial charge >= 0.3 is 6.03 Å². The molecule has 1 aliphatic heterocycles. The van der Waals surface area contributed by atoms with Crippen molar-refractivity contribution in [2.24, 2.45) is 0 Å². The van der Waals surface area contributed by atoms with Crippen LogP contribution in [-0.4, -0.2) is 42.5 Å². The predicted molar refractivity (Wildman–Crippen MR) is 75.2 cm³/mol. The SMILES string of the molecule is CN1CC[C@H](NC(=O)N[C@H]2C[C@@H]2c2ccc(F)cc2F)C1=O. The standard InChI is InChI=1S/C15H17F2N3O2/c1-20-5-4-12(14(20)21)18-15(22)19-13-7-10(13)9-3-2-8(16)6-11(9)17/h2-3,6,10,12-13H,4-5,7H2,1H3,(H2,18,19,22)/t10-,12+,13+/m1/s1. The number of likely N-dealkylation sites (N-methyl/N-ethyl adjacent to an activating group) is 1. The number of nitrogens with one attached hydrogen (secondary N) is 2. The molecule has 0 unspecified atom stereocenters. The molecule has 22 heavy (non-hydrogen) atoms. The van der Waals surface area contributed by atoms with Crippen LogP contribution in [0.4, 0.5) is 13.6 Å². The highest BCUT2D eigenvalue weighted by molar-refractivity contribution is 5.88. The first-order valence-corrected chi connectivity index (χ1v) is 7.22. The lowest BCUT2D eigenvalue weighted by molar-refractivity contribution is -0.128. The third kappa shape index (κ3) is 2.88. The maximum absolute atomic E-state index is 13.7. The molecule has 0 bridgehead atoms. The Labute approximate surface area is 126 Å². The van der Waals surface area contributed by atoms with Gasteiger partial charge in [-0.15, -0.1) is 0 Å². The molecule has 3 rings (SSSR count). The summed E-state index contributed by atoms with van der Waals surface area (Å²) in [5, 5.41) is 5.36. The van der Waals surface area contributed by atoms with Crippen molar-refractivity contribution in [1.82, 2.24) is 15.5 Å². The second-order valence-electron chi connectivity index (χ2n) is 5.83. The molecule has 1 heterocycles. The maximum Gasteiger partial charge on any atom is 0.315 e. The molecule has 1 aromatic rings. The third-order valence-corrected chi connectivity index (χ3v) is 4.20. The number of halogens is 2. The van der Waals surface area contributed by atoms with E-state index in [1.54, 1.807) is 11.9 Å². The highest BCUT2D eigenvalue weighted by Gasteiger charge is 2.41. The molecule has 0 aromatic heterocycles. The summed E-state index contributed by atoms with van der Waals surface area (Å²) in [5.41, 5.74) is 0.406. The number of rotatable bonds is 3. The zero-order chi connectivity index (χ0) is 15.9. The molecule has 2 N–H and O–H groups in total. The van der Waals surface area contributed by atoms with Crippen molar-refractivity contribution in [1.29, 1.82) is 0 Å². The number of hydrogen-bond acceptors (Lipinski definition) is 2. The topological polar surface area (TPSA) is 61.4 Å². The Balaban J connectivity index is 1.53. The fourth-order valence-electron chi connectivity index (χ4n) is 2.83. The van der Waals surface area contributed by atoms with E-state index in [9.17, 15) is 18.4 Å². The Bertz CT molecular complexity index is 623. The number of benzene rings is 1. The lowest BCUT2D eigenvalue weighted by Gasteiger charge is -2.13. The first-order valence-electron chi connectivity index (χ1n) is 7.22. The van der Waals surface area contributed by atoms with Crippen LogP contribution in [0.25, 0.3) is 0 Å². The minimum absolute atomic E-state index is 0.105. The molecule has 0 radical (unpaired) electrons. The Morgan fingerprint density at radius 3 is 2.73 bits per heavy atom. The van der Waals surface area contributed by atoms with Gasteiger partial charge in [-0.1, -0.05) is 6.07 Å². The van der Waals surface area contributed by atoms with Crippen LogP contribution in [0.15, 0.2) is 18.2 Å². The van der Waals surface area contributed by atoms with Crippen molar-refractivity contribution in [3.63, 3.8) is 0 Å². The number of carbonyl (C=O) groups excluding carboxylic acids is 2. The predicted octanol–water partition coefficient (Wildman–Crippen LogP) is 1.35. The van der Waals surface area contributed by atoms with Crippen molar-refractivity contribution in [2.45, 2.75) is 30.8 Å². The molecular weight excluding hydrogens is 292 g/mol. The molecule has 2 fully saturated rings. The summed E-state index contributed by atoms with van der Waals surface area (Å²) in [7, 11) is 1.69. The minimum Gasteiger partial charge on any atom is -0.344 e. The lowest BCUT2D eigenvalue weighted by Crippen LogP contribution is -2.46. The van der Waals surface area contributed by atoms with Gasteiger partial charge in [0.2, 0.25) is 5.91 Å². The third-order valence-electron chi connectivity index (χ3n) is 4.20. The number of likely N-dealkylation sites (tertiary alicyclic amines) is 1. The first-order chi connectivity index (χ1) is 10.5. The summed E-state index contributed by atoms with van der Waals surface area (Å²) in [6, 6.07) is 2.35. The van der Waals surface area contributed by atoms with E-state index in [0.29, 0.717) is 24.9 Å². The highest BCUT2D eigenvalue weighted by Crippen LogP contribution is 2.41. The summed E-state index contributed by atoms with van der Waals surface area (Å²) in [6.07, 6.45) is 1.19. The zero-order valence-corrected chi connectivity index (χ0v) is 12.1. The largest absolute Gasteiger partial charge is 0.344 e. The number of nitrogens with zero attached hydrogens (tertiary/aromatic N) is 1. The molecule has 1 aromatic carbocycles. The fourth-order valence-corrected chi connectivity index (χ4v) is 2.83. The van der Waals surface area contributed by atoms with Crippen LogP contribution < -0.4 is 10.6 Å². The molecule has 1 saturated heterocycles. The molecular formula is C15H17F2N3O2. The Morgan fingerprint density at radius 1 is 1.32 bits per heavy atom. The summed E-state index contributed by atoms with van der Waals surface area (Å²) < 4.78 is 26.5. The monoisotopic (exact) mass is 309 g/mol. The van der Waals surface area contributed by atoms with Crippen LogP contribution in [0.2, 0.25) is 0 Å². The Kier molecular flexibility index (Phi) is 3.72. The number of urea groups is 1. The van der Waals surface area contributed by atoms with Crippen molar-refractivity contribution < 1.29 is 18.4 Å². The van der Waals surface area contributed by atoms with Gasteiger partial charge in [0.25, 0.3) is 0 Å². The average Bonchev–Trinajstić information content (AvgIpc) is 3.13. The van der Waals surface area contributed by atoms with Crippen molar-refractivity contribution in [2.75, 3.05) is 13.6 Å². The van der Waals surface area contributed by atoms with Crippen molar-refractivity contribution in [3.05, 3.63) is 35.4 Å². The van der Waals surface area contributed by atoms with E-state index in [1.807, 2.05) is 0 Å².